The van der Waals surface area contributed by atoms with Crippen molar-refractivity contribution in [3.8, 4) is 5.75 Å². The van der Waals surface area contributed by atoms with Gasteiger partial charge < -0.3 is 25.2 Å². The van der Waals surface area contributed by atoms with Crippen LogP contribution in [0.2, 0.25) is 0 Å². The number of rotatable bonds is 7. The summed E-state index contributed by atoms with van der Waals surface area (Å²) in [5, 5.41) is 15.1. The number of alkyl halides is 3. The zero-order valence-electron chi connectivity index (χ0n) is 15.9. The van der Waals surface area contributed by atoms with Crippen LogP contribution in [-0.2, 0) is 10.9 Å². The van der Waals surface area contributed by atoms with Gasteiger partial charge in [0.1, 0.15) is 5.75 Å². The molecule has 1 aliphatic rings. The van der Waals surface area contributed by atoms with E-state index in [0.717, 1.165) is 12.1 Å². The monoisotopic (exact) mass is 405 g/mol. The lowest BCUT2D eigenvalue weighted by atomic mass is 10.1. The summed E-state index contributed by atoms with van der Waals surface area (Å²) in [6, 6.07) is 2.49. The molecule has 1 atom stereocenters. The molecule has 0 aromatic heterocycles. The molecule has 1 heterocycles. The molecule has 1 aromatic rings. The van der Waals surface area contributed by atoms with Gasteiger partial charge >= 0.3 is 12.2 Å². The average Bonchev–Trinajstić information content (AvgIpc) is 2.61. The van der Waals surface area contributed by atoms with E-state index in [1.165, 1.54) is 6.07 Å². The lowest BCUT2D eigenvalue weighted by molar-refractivity contribution is -0.137. The number of hydrogen-bond acceptors (Lipinski definition) is 5. The molecule has 10 heteroatoms. The molecule has 1 unspecified atom stereocenters. The van der Waals surface area contributed by atoms with Crippen LogP contribution in [0.5, 0.6) is 5.75 Å². The Morgan fingerprint density at radius 1 is 1.32 bits per heavy atom. The first kappa shape index (κ1) is 22.3. The SMILES string of the molecule is CCOc1ccc(NC(=O)NCC(C)(O)CN2CCOCC2)c(C(F)(F)F)c1. The number of nitrogens with zero attached hydrogens (tertiary/aromatic N) is 1. The van der Waals surface area contributed by atoms with Crippen LogP contribution >= 0.6 is 0 Å². The molecular formula is C18H26F3N3O4. The van der Waals surface area contributed by atoms with Crippen LogP contribution in [0.1, 0.15) is 19.4 Å². The lowest BCUT2D eigenvalue weighted by Gasteiger charge is -2.33. The Morgan fingerprint density at radius 3 is 2.61 bits per heavy atom. The Hall–Kier alpha value is -2.04. The van der Waals surface area contributed by atoms with Gasteiger partial charge in [-0.25, -0.2) is 4.79 Å². The van der Waals surface area contributed by atoms with E-state index in [2.05, 4.69) is 10.6 Å². The Labute approximate surface area is 161 Å². The molecular weight excluding hydrogens is 379 g/mol. The van der Waals surface area contributed by atoms with Crippen molar-refractivity contribution in [1.29, 1.82) is 0 Å². The fourth-order valence-electron chi connectivity index (χ4n) is 2.86. The second kappa shape index (κ2) is 9.44. The molecule has 0 bridgehead atoms. The molecule has 0 aliphatic carbocycles. The fraction of sp³-hybridized carbons (Fsp3) is 0.611. The topological polar surface area (TPSA) is 83.1 Å². The molecule has 28 heavy (non-hydrogen) atoms. The number of urea groups is 1. The highest BCUT2D eigenvalue weighted by Crippen LogP contribution is 2.37. The van der Waals surface area contributed by atoms with E-state index in [1.807, 2.05) is 4.90 Å². The minimum Gasteiger partial charge on any atom is -0.494 e. The van der Waals surface area contributed by atoms with E-state index in [9.17, 15) is 23.1 Å². The van der Waals surface area contributed by atoms with Gasteiger partial charge in [-0.2, -0.15) is 13.2 Å². The van der Waals surface area contributed by atoms with E-state index < -0.39 is 23.4 Å². The lowest BCUT2D eigenvalue weighted by Crippen LogP contribution is -2.51. The van der Waals surface area contributed by atoms with Gasteiger partial charge in [0.05, 0.1) is 36.7 Å². The number of carbonyl (C=O) groups is 1. The molecule has 0 spiro atoms. The molecule has 7 nitrogen and oxygen atoms in total. The highest BCUT2D eigenvalue weighted by molar-refractivity contribution is 5.90. The van der Waals surface area contributed by atoms with Gasteiger partial charge in [0.15, 0.2) is 0 Å². The van der Waals surface area contributed by atoms with Gasteiger partial charge in [0.25, 0.3) is 0 Å². The van der Waals surface area contributed by atoms with E-state index in [4.69, 9.17) is 9.47 Å². The van der Waals surface area contributed by atoms with Crippen LogP contribution < -0.4 is 15.4 Å². The minimum absolute atomic E-state index is 0.0641. The van der Waals surface area contributed by atoms with Crippen LogP contribution in [0.15, 0.2) is 18.2 Å². The highest BCUT2D eigenvalue weighted by atomic mass is 19.4. The molecule has 0 saturated carbocycles. The predicted molar refractivity (Wildman–Crippen MR) is 97.5 cm³/mol. The van der Waals surface area contributed by atoms with Gasteiger partial charge in [-0.3, -0.25) is 4.90 Å². The van der Waals surface area contributed by atoms with Crippen LogP contribution in [0.4, 0.5) is 23.7 Å². The average molecular weight is 405 g/mol. The summed E-state index contributed by atoms with van der Waals surface area (Å²) in [5.41, 5.74) is -2.63. The van der Waals surface area contributed by atoms with Gasteiger partial charge in [0, 0.05) is 26.2 Å². The molecule has 1 aliphatic heterocycles. The van der Waals surface area contributed by atoms with Gasteiger partial charge in [-0.15, -0.1) is 0 Å². The quantitative estimate of drug-likeness (QED) is 0.649. The largest absolute Gasteiger partial charge is 0.494 e. The summed E-state index contributed by atoms with van der Waals surface area (Å²) in [4.78, 5) is 14.1. The first-order valence-corrected chi connectivity index (χ1v) is 9.02. The number of β-amino-alcohol motifs (C(OH)–C–C–N with tert-alkyl or cyclic N) is 1. The molecule has 1 fully saturated rings. The molecule has 1 aromatic carbocycles. The maximum Gasteiger partial charge on any atom is 0.418 e. The van der Waals surface area contributed by atoms with E-state index in [1.54, 1.807) is 13.8 Å². The van der Waals surface area contributed by atoms with E-state index in [0.29, 0.717) is 32.8 Å². The molecule has 2 rings (SSSR count). The maximum absolute atomic E-state index is 13.3. The van der Waals surface area contributed by atoms with Gasteiger partial charge in [-0.1, -0.05) is 0 Å². The van der Waals surface area contributed by atoms with Crippen LogP contribution in [0.3, 0.4) is 0 Å². The van der Waals surface area contributed by atoms with Gasteiger partial charge in [-0.05, 0) is 32.0 Å². The molecule has 2 amide bonds. The number of nitrogens with one attached hydrogen (secondary N) is 2. The zero-order valence-corrected chi connectivity index (χ0v) is 15.9. The first-order chi connectivity index (χ1) is 13.1. The Morgan fingerprint density at radius 2 is 2.00 bits per heavy atom. The first-order valence-electron chi connectivity index (χ1n) is 9.02. The third kappa shape index (κ3) is 6.84. The van der Waals surface area contributed by atoms with Crippen LogP contribution in [0, 0.1) is 0 Å². The number of amides is 2. The maximum atomic E-state index is 13.3. The Balaban J connectivity index is 1.96. The summed E-state index contributed by atoms with van der Waals surface area (Å²) in [6.07, 6.45) is -4.66. The summed E-state index contributed by atoms with van der Waals surface area (Å²) in [7, 11) is 0. The predicted octanol–water partition coefficient (Wildman–Crippen LogP) is 2.31. The number of anilines is 1. The number of ether oxygens (including phenoxy) is 2. The molecule has 158 valence electrons. The van der Waals surface area contributed by atoms with Crippen molar-refractivity contribution in [3.05, 3.63) is 23.8 Å². The van der Waals surface area contributed by atoms with Crippen molar-refractivity contribution >= 4 is 11.7 Å². The summed E-state index contributed by atoms with van der Waals surface area (Å²) in [5.74, 6) is 0.0641. The fourth-order valence-corrected chi connectivity index (χ4v) is 2.86. The number of benzene rings is 1. The summed E-state index contributed by atoms with van der Waals surface area (Å²) < 4.78 is 50.1. The molecule has 1 saturated heterocycles. The summed E-state index contributed by atoms with van der Waals surface area (Å²) in [6.45, 7) is 6.12. The Kier molecular flexibility index (Phi) is 7.50. The number of morpholine rings is 1. The van der Waals surface area contributed by atoms with Crippen molar-refractivity contribution in [2.75, 3.05) is 51.3 Å². The van der Waals surface area contributed by atoms with E-state index >= 15 is 0 Å². The number of halogens is 3. The zero-order chi connectivity index (χ0) is 20.8. The van der Waals surface area contributed by atoms with Crippen LogP contribution in [0.25, 0.3) is 0 Å². The van der Waals surface area contributed by atoms with Crippen molar-refractivity contribution in [2.24, 2.45) is 0 Å². The van der Waals surface area contributed by atoms with E-state index in [-0.39, 0.29) is 24.6 Å². The second-order valence-electron chi connectivity index (χ2n) is 6.83. The van der Waals surface area contributed by atoms with Gasteiger partial charge in [0.2, 0.25) is 0 Å². The third-order valence-electron chi connectivity index (χ3n) is 4.15. The highest BCUT2D eigenvalue weighted by Gasteiger charge is 2.35. The Bertz CT molecular complexity index is 662. The number of carbonyl (C=O) groups excluding carboxylic acids is 1. The number of hydrogen-bond donors (Lipinski definition) is 3. The minimum atomic E-state index is -4.66. The van der Waals surface area contributed by atoms with Crippen molar-refractivity contribution in [1.82, 2.24) is 10.2 Å². The standard InChI is InChI=1S/C18H26F3N3O4/c1-3-28-13-4-5-15(14(10-13)18(19,20)21)23-16(25)22-11-17(2,26)12-24-6-8-27-9-7-24/h4-5,10,26H,3,6-9,11-12H2,1-2H3,(H2,22,23,25). The normalized spacial score (nSPS) is 17.6. The molecule has 3 N–H and O–H groups in total. The summed E-state index contributed by atoms with van der Waals surface area (Å²) >= 11 is 0. The van der Waals surface area contributed by atoms with Crippen molar-refractivity contribution < 1.29 is 32.5 Å². The molecule has 0 radical (unpaired) electrons. The third-order valence-corrected chi connectivity index (χ3v) is 4.15. The smallest absolute Gasteiger partial charge is 0.418 e. The number of aliphatic hydroxyl groups is 1. The van der Waals surface area contributed by atoms with Crippen molar-refractivity contribution in [3.63, 3.8) is 0 Å². The van der Waals surface area contributed by atoms with Crippen molar-refractivity contribution in [2.45, 2.75) is 25.6 Å². The van der Waals surface area contributed by atoms with Crippen LogP contribution in [-0.4, -0.2) is 67.6 Å². The second-order valence-corrected chi connectivity index (χ2v) is 6.83.